The van der Waals surface area contributed by atoms with Crippen LogP contribution in [0, 0.1) is 5.41 Å². The van der Waals surface area contributed by atoms with Crippen LogP contribution in [0.4, 0.5) is 31.1 Å². The zero-order valence-electron chi connectivity index (χ0n) is 24.4. The standard InChI is InChI=1S/C31H31F6NO6/c1-15(27(39)40)17-9-23(26-24(10-17)42-14-43-26)22-5-6-29(3,4)12-19(22)13-38-16(2)25(44-28(38)41)18-7-20(30(32,33)34)11-21(8-18)31(35,36)37/h7-11,15-16,25H,5-6,12-14H2,1-4H3,(H,39,40)/t15?,16-,25-/m0/s1. The Morgan fingerprint density at radius 2 is 1.68 bits per heavy atom. The maximum Gasteiger partial charge on any atom is 0.416 e. The van der Waals surface area contributed by atoms with Crippen molar-refractivity contribution in [2.75, 3.05) is 13.3 Å². The SMILES string of the molecule is CC(C(=O)O)c1cc2c(c(C3=C(CN4C(=O)O[C@H](c5cc(C(F)(F)F)cc(C(F)(F)F)c5)[C@@H]4C)CC(C)(C)CC3)c1)OCO2. The van der Waals surface area contributed by atoms with Gasteiger partial charge in [-0.3, -0.25) is 9.69 Å². The van der Waals surface area contributed by atoms with Gasteiger partial charge in [0.05, 0.1) is 23.1 Å². The molecule has 1 aliphatic carbocycles. The number of amides is 1. The minimum atomic E-state index is -5.05. The lowest BCUT2D eigenvalue weighted by molar-refractivity contribution is -0.143. The molecule has 2 aromatic carbocycles. The van der Waals surface area contributed by atoms with Gasteiger partial charge in [-0.1, -0.05) is 13.8 Å². The maximum absolute atomic E-state index is 13.5. The van der Waals surface area contributed by atoms with Crippen LogP contribution in [0.3, 0.4) is 0 Å². The van der Waals surface area contributed by atoms with Crippen molar-refractivity contribution in [1.82, 2.24) is 4.90 Å². The van der Waals surface area contributed by atoms with Crippen LogP contribution in [-0.2, 0) is 21.9 Å². The normalized spacial score (nSPS) is 22.3. The highest BCUT2D eigenvalue weighted by Crippen LogP contribution is 2.50. The first kappa shape index (κ1) is 31.5. The number of carbonyl (C=O) groups is 2. The Morgan fingerprint density at radius 1 is 1.05 bits per heavy atom. The number of alkyl halides is 6. The van der Waals surface area contributed by atoms with Crippen LogP contribution in [0.15, 0.2) is 35.9 Å². The van der Waals surface area contributed by atoms with Crippen molar-refractivity contribution in [2.45, 2.75) is 77.4 Å². The van der Waals surface area contributed by atoms with Gasteiger partial charge in [-0.2, -0.15) is 26.3 Å². The number of carboxylic acid groups (broad SMARTS) is 1. The van der Waals surface area contributed by atoms with Gasteiger partial charge in [-0.15, -0.1) is 0 Å². The van der Waals surface area contributed by atoms with Gasteiger partial charge >= 0.3 is 24.4 Å². The lowest BCUT2D eigenvalue weighted by Crippen LogP contribution is -2.35. The number of benzene rings is 2. The van der Waals surface area contributed by atoms with E-state index in [0.29, 0.717) is 47.6 Å². The topological polar surface area (TPSA) is 85.3 Å². The van der Waals surface area contributed by atoms with E-state index in [1.807, 2.05) is 13.8 Å². The average Bonchev–Trinajstić information content (AvgIpc) is 3.51. The summed E-state index contributed by atoms with van der Waals surface area (Å²) in [4.78, 5) is 26.2. The number of cyclic esters (lactones) is 1. The summed E-state index contributed by atoms with van der Waals surface area (Å²) in [6, 6.07) is 3.64. The van der Waals surface area contributed by atoms with Crippen molar-refractivity contribution in [3.8, 4) is 11.5 Å². The Kier molecular flexibility index (Phi) is 7.82. The molecule has 13 heteroatoms. The van der Waals surface area contributed by atoms with Crippen molar-refractivity contribution in [3.05, 3.63) is 63.7 Å². The number of carboxylic acids is 1. The highest BCUT2D eigenvalue weighted by atomic mass is 19.4. The molecule has 0 bridgehead atoms. The number of nitrogens with zero attached hydrogens (tertiary/aromatic N) is 1. The fraction of sp³-hybridized carbons (Fsp3) is 0.484. The van der Waals surface area contributed by atoms with Gasteiger partial charge in [-0.05, 0) is 91.1 Å². The van der Waals surface area contributed by atoms with E-state index in [0.717, 1.165) is 17.6 Å². The van der Waals surface area contributed by atoms with E-state index >= 15 is 0 Å². The van der Waals surface area contributed by atoms with Crippen molar-refractivity contribution in [3.63, 3.8) is 0 Å². The monoisotopic (exact) mass is 627 g/mol. The third kappa shape index (κ3) is 6.05. The highest BCUT2D eigenvalue weighted by molar-refractivity contribution is 5.81. The van der Waals surface area contributed by atoms with Crippen LogP contribution in [-0.4, -0.2) is 41.4 Å². The molecule has 0 radical (unpaired) electrons. The van der Waals surface area contributed by atoms with Gasteiger partial charge in [0.2, 0.25) is 6.79 Å². The second-order valence-electron chi connectivity index (χ2n) is 12.3. The molecule has 1 amide bonds. The third-order valence-electron chi connectivity index (χ3n) is 8.55. The Bertz CT molecular complexity index is 1500. The Balaban J connectivity index is 1.55. The van der Waals surface area contributed by atoms with Crippen molar-refractivity contribution in [2.24, 2.45) is 5.41 Å². The number of fused-ring (bicyclic) bond motifs is 1. The smallest absolute Gasteiger partial charge is 0.416 e. The molecule has 2 aromatic rings. The van der Waals surface area contributed by atoms with E-state index in [-0.39, 0.29) is 24.8 Å². The van der Waals surface area contributed by atoms with E-state index < -0.39 is 59.2 Å². The van der Waals surface area contributed by atoms with Crippen molar-refractivity contribution in [1.29, 1.82) is 0 Å². The lowest BCUT2D eigenvalue weighted by atomic mass is 9.72. The quantitative estimate of drug-likeness (QED) is 0.325. The summed E-state index contributed by atoms with van der Waals surface area (Å²) in [5.74, 6) is -1.05. The summed E-state index contributed by atoms with van der Waals surface area (Å²) in [6.07, 6.45) is -10.5. The Labute approximate surface area is 249 Å². The van der Waals surface area contributed by atoms with E-state index in [2.05, 4.69) is 0 Å². The van der Waals surface area contributed by atoms with E-state index in [1.54, 1.807) is 19.1 Å². The summed E-state index contributed by atoms with van der Waals surface area (Å²) in [7, 11) is 0. The number of hydrogen-bond acceptors (Lipinski definition) is 5. The summed E-state index contributed by atoms with van der Waals surface area (Å²) < 4.78 is 98.0. The highest BCUT2D eigenvalue weighted by Gasteiger charge is 2.44. The first-order valence-corrected chi connectivity index (χ1v) is 14.0. The molecule has 1 N–H and O–H groups in total. The van der Waals surface area contributed by atoms with Gasteiger partial charge in [0.15, 0.2) is 11.5 Å². The fourth-order valence-corrected chi connectivity index (χ4v) is 6.05. The molecular formula is C31H31F6NO6. The average molecular weight is 628 g/mol. The molecule has 7 nitrogen and oxygen atoms in total. The molecule has 44 heavy (non-hydrogen) atoms. The summed E-state index contributed by atoms with van der Waals surface area (Å²) in [6.45, 7) is 7.09. The van der Waals surface area contributed by atoms with Crippen molar-refractivity contribution >= 4 is 17.6 Å². The molecule has 0 aromatic heterocycles. The zero-order chi connectivity index (χ0) is 32.4. The predicted octanol–water partition coefficient (Wildman–Crippen LogP) is 8.19. The molecular weight excluding hydrogens is 596 g/mol. The fourth-order valence-electron chi connectivity index (χ4n) is 6.05. The first-order valence-electron chi connectivity index (χ1n) is 14.0. The second kappa shape index (κ2) is 10.9. The van der Waals surface area contributed by atoms with Crippen molar-refractivity contribution < 1.29 is 55.2 Å². The molecule has 0 saturated carbocycles. The van der Waals surface area contributed by atoms with Crippen LogP contribution in [0.2, 0.25) is 0 Å². The Morgan fingerprint density at radius 3 is 2.27 bits per heavy atom. The number of ether oxygens (including phenoxy) is 3. The molecule has 0 spiro atoms. The second-order valence-corrected chi connectivity index (χ2v) is 12.3. The molecule has 2 aliphatic heterocycles. The predicted molar refractivity (Wildman–Crippen MR) is 145 cm³/mol. The number of allylic oxidation sites excluding steroid dienone is 1. The van der Waals surface area contributed by atoms with Gasteiger partial charge in [0.1, 0.15) is 6.10 Å². The van der Waals surface area contributed by atoms with E-state index in [9.17, 15) is 41.0 Å². The van der Waals surface area contributed by atoms with E-state index in [4.69, 9.17) is 14.2 Å². The lowest BCUT2D eigenvalue weighted by Gasteiger charge is -2.35. The summed E-state index contributed by atoms with van der Waals surface area (Å²) >= 11 is 0. The molecule has 238 valence electrons. The maximum atomic E-state index is 13.5. The van der Waals surface area contributed by atoms with Gasteiger partial charge in [0.25, 0.3) is 0 Å². The third-order valence-corrected chi connectivity index (χ3v) is 8.55. The number of hydrogen-bond donors (Lipinski definition) is 1. The van der Waals surface area contributed by atoms with Gasteiger partial charge in [-0.25, -0.2) is 4.79 Å². The van der Waals surface area contributed by atoms with Crippen LogP contribution in [0.5, 0.6) is 11.5 Å². The van der Waals surface area contributed by atoms with E-state index in [1.165, 1.54) is 11.8 Å². The van der Waals surface area contributed by atoms with Gasteiger partial charge in [0, 0.05) is 12.1 Å². The molecule has 1 unspecified atom stereocenters. The van der Waals surface area contributed by atoms with Crippen LogP contribution >= 0.6 is 0 Å². The molecule has 5 rings (SSSR count). The number of rotatable bonds is 6. The zero-order valence-corrected chi connectivity index (χ0v) is 24.4. The molecule has 2 heterocycles. The summed E-state index contributed by atoms with van der Waals surface area (Å²) in [5.41, 5.74) is -0.863. The number of carbonyl (C=O) groups excluding carboxylic acids is 1. The number of halogens is 6. The molecule has 1 fully saturated rings. The first-order chi connectivity index (χ1) is 20.4. The molecule has 3 atom stereocenters. The van der Waals surface area contributed by atoms with Gasteiger partial charge < -0.3 is 19.3 Å². The van der Waals surface area contributed by atoms with Crippen LogP contribution in [0.1, 0.15) is 86.8 Å². The Hall–Kier alpha value is -3.90. The largest absolute Gasteiger partial charge is 0.481 e. The minimum Gasteiger partial charge on any atom is -0.481 e. The summed E-state index contributed by atoms with van der Waals surface area (Å²) in [5, 5.41) is 9.63. The number of aliphatic carboxylic acids is 1. The molecule has 3 aliphatic rings. The molecule has 1 saturated heterocycles. The minimum absolute atomic E-state index is 0.00526. The van der Waals surface area contributed by atoms with Crippen LogP contribution in [0.25, 0.3) is 5.57 Å². The van der Waals surface area contributed by atoms with Crippen LogP contribution < -0.4 is 9.47 Å².